The van der Waals surface area contributed by atoms with Crippen molar-refractivity contribution in [2.45, 2.75) is 45.1 Å². The fourth-order valence-electron chi connectivity index (χ4n) is 5.05. The summed E-state index contributed by atoms with van der Waals surface area (Å²) in [6.45, 7) is 6.45. The Bertz CT molecular complexity index is 1370. The predicted molar refractivity (Wildman–Crippen MR) is 148 cm³/mol. The van der Waals surface area contributed by atoms with Gasteiger partial charge in [0.05, 0.1) is 12.1 Å². The fraction of sp³-hybridized carbons (Fsp3) is 0.323. The summed E-state index contributed by atoms with van der Waals surface area (Å²) in [6.07, 6.45) is 8.19. The molecule has 1 aliphatic rings. The van der Waals surface area contributed by atoms with Crippen LogP contribution in [0.2, 0.25) is 0 Å². The lowest BCUT2D eigenvalue weighted by Crippen LogP contribution is -2.29. The van der Waals surface area contributed by atoms with Gasteiger partial charge in [0, 0.05) is 46.8 Å². The smallest absolute Gasteiger partial charge is 0.168 e. The average molecular weight is 479 g/mol. The molecule has 2 aromatic carbocycles. The number of nitrogens with one attached hydrogen (secondary N) is 1. The highest BCUT2D eigenvalue weighted by molar-refractivity contribution is 5.98. The van der Waals surface area contributed by atoms with Crippen LogP contribution in [0.15, 0.2) is 73.2 Å². The zero-order valence-corrected chi connectivity index (χ0v) is 21.4. The molecule has 5 heteroatoms. The Morgan fingerprint density at radius 2 is 1.81 bits per heavy atom. The monoisotopic (exact) mass is 478 g/mol. The standard InChI is InChI=1S/C31H34N4O/c1-21(2)34-30-16-28(18-32-20-30)24-7-8-26-19-33-29(15-27(26)14-24)17-31(36)25-6-4-5-23(13-25)22-9-11-35(3)12-10-22/h4-8,13-16,18-22,34H,9-12,17H2,1-3H3. The van der Waals surface area contributed by atoms with E-state index >= 15 is 0 Å². The van der Waals surface area contributed by atoms with E-state index < -0.39 is 0 Å². The third-order valence-corrected chi connectivity index (χ3v) is 7.05. The largest absolute Gasteiger partial charge is 0.382 e. The second-order valence-corrected chi connectivity index (χ2v) is 10.3. The summed E-state index contributed by atoms with van der Waals surface area (Å²) >= 11 is 0. The molecule has 0 bridgehead atoms. The minimum Gasteiger partial charge on any atom is -0.382 e. The molecule has 4 aromatic rings. The summed E-state index contributed by atoms with van der Waals surface area (Å²) in [6, 6.07) is 19.1. The average Bonchev–Trinajstić information content (AvgIpc) is 2.88. The van der Waals surface area contributed by atoms with Gasteiger partial charge in [0.1, 0.15) is 0 Å². The molecule has 1 aliphatic heterocycles. The molecule has 36 heavy (non-hydrogen) atoms. The fourth-order valence-corrected chi connectivity index (χ4v) is 5.05. The Balaban J connectivity index is 1.35. The number of rotatable bonds is 7. The molecule has 0 saturated carbocycles. The highest BCUT2D eigenvalue weighted by atomic mass is 16.1. The minimum absolute atomic E-state index is 0.115. The first-order chi connectivity index (χ1) is 17.4. The number of anilines is 1. The van der Waals surface area contributed by atoms with Crippen LogP contribution in [0.1, 0.15) is 54.2 Å². The van der Waals surface area contributed by atoms with Crippen LogP contribution in [0.4, 0.5) is 5.69 Å². The number of aromatic nitrogens is 2. The van der Waals surface area contributed by atoms with Gasteiger partial charge in [0.2, 0.25) is 0 Å². The molecule has 1 fully saturated rings. The number of piperidine rings is 1. The Morgan fingerprint density at radius 1 is 0.972 bits per heavy atom. The number of benzene rings is 2. The van der Waals surface area contributed by atoms with E-state index in [-0.39, 0.29) is 5.78 Å². The molecule has 5 nitrogen and oxygen atoms in total. The first kappa shape index (κ1) is 24.1. The highest BCUT2D eigenvalue weighted by Crippen LogP contribution is 2.29. The van der Waals surface area contributed by atoms with Crippen LogP contribution in [0, 0.1) is 0 Å². The lowest BCUT2D eigenvalue weighted by molar-refractivity contribution is 0.0992. The number of nitrogens with zero attached hydrogens (tertiary/aromatic N) is 3. The molecular formula is C31H34N4O. The number of ketones is 1. The maximum atomic E-state index is 13.2. The SMILES string of the molecule is CC(C)Nc1cncc(-c2ccc3cnc(CC(=O)c4cccc(C5CCN(C)CC5)c4)cc3c2)c1. The van der Waals surface area contributed by atoms with Gasteiger partial charge in [-0.2, -0.15) is 0 Å². The molecule has 0 atom stereocenters. The Morgan fingerprint density at radius 3 is 2.61 bits per heavy atom. The molecule has 0 spiro atoms. The molecule has 0 unspecified atom stereocenters. The maximum Gasteiger partial charge on any atom is 0.168 e. The van der Waals surface area contributed by atoms with Crippen LogP contribution in [-0.2, 0) is 6.42 Å². The van der Waals surface area contributed by atoms with Crippen LogP contribution >= 0.6 is 0 Å². The highest BCUT2D eigenvalue weighted by Gasteiger charge is 2.19. The van der Waals surface area contributed by atoms with Crippen molar-refractivity contribution in [3.8, 4) is 11.1 Å². The zero-order chi connectivity index (χ0) is 25.1. The molecule has 1 saturated heterocycles. The van der Waals surface area contributed by atoms with Crippen molar-refractivity contribution >= 4 is 22.2 Å². The molecule has 2 aromatic heterocycles. The number of hydrogen-bond acceptors (Lipinski definition) is 5. The Hall–Kier alpha value is -3.57. The van der Waals surface area contributed by atoms with Crippen molar-refractivity contribution in [3.63, 3.8) is 0 Å². The van der Waals surface area contributed by atoms with Crippen LogP contribution in [-0.4, -0.2) is 46.8 Å². The molecule has 1 N–H and O–H groups in total. The third kappa shape index (κ3) is 5.63. The van der Waals surface area contributed by atoms with Gasteiger partial charge in [-0.05, 0) is 93.5 Å². The molecule has 0 amide bonds. The van der Waals surface area contributed by atoms with Crippen molar-refractivity contribution in [3.05, 3.63) is 90.0 Å². The molecule has 184 valence electrons. The number of fused-ring (bicyclic) bond motifs is 1. The number of hydrogen-bond donors (Lipinski definition) is 1. The summed E-state index contributed by atoms with van der Waals surface area (Å²) in [7, 11) is 2.17. The first-order valence-electron chi connectivity index (χ1n) is 12.9. The number of Topliss-reactive ketones (excluding diaryl/α,β-unsaturated/α-hetero) is 1. The van der Waals surface area contributed by atoms with E-state index in [9.17, 15) is 4.79 Å². The van der Waals surface area contributed by atoms with Gasteiger partial charge in [-0.25, -0.2) is 0 Å². The van der Waals surface area contributed by atoms with Gasteiger partial charge in [-0.3, -0.25) is 14.8 Å². The Kier molecular flexibility index (Phi) is 7.10. The van der Waals surface area contributed by atoms with Gasteiger partial charge in [-0.15, -0.1) is 0 Å². The molecule has 5 rings (SSSR count). The lowest BCUT2D eigenvalue weighted by atomic mass is 9.88. The van der Waals surface area contributed by atoms with Crippen LogP contribution in [0.3, 0.4) is 0 Å². The van der Waals surface area contributed by atoms with Crippen molar-refractivity contribution in [1.82, 2.24) is 14.9 Å². The van der Waals surface area contributed by atoms with Gasteiger partial charge in [0.25, 0.3) is 0 Å². The van der Waals surface area contributed by atoms with E-state index in [1.165, 1.54) is 5.56 Å². The van der Waals surface area contributed by atoms with Crippen molar-refractivity contribution in [2.24, 2.45) is 0 Å². The van der Waals surface area contributed by atoms with Crippen LogP contribution in [0.5, 0.6) is 0 Å². The van der Waals surface area contributed by atoms with Gasteiger partial charge < -0.3 is 10.2 Å². The number of carbonyl (C=O) groups is 1. The minimum atomic E-state index is 0.115. The van der Waals surface area contributed by atoms with Crippen LogP contribution < -0.4 is 5.32 Å². The lowest BCUT2D eigenvalue weighted by Gasteiger charge is -2.29. The summed E-state index contributed by atoms with van der Waals surface area (Å²) in [5.74, 6) is 0.652. The summed E-state index contributed by atoms with van der Waals surface area (Å²) in [5, 5.41) is 5.55. The van der Waals surface area contributed by atoms with Crippen molar-refractivity contribution in [1.29, 1.82) is 0 Å². The number of carbonyl (C=O) groups excluding carboxylic acids is 1. The Labute approximate surface area is 213 Å². The van der Waals surface area contributed by atoms with Gasteiger partial charge in [0.15, 0.2) is 5.78 Å². The van der Waals surface area contributed by atoms with E-state index in [1.54, 1.807) is 0 Å². The molecule has 0 aliphatic carbocycles. The first-order valence-corrected chi connectivity index (χ1v) is 12.9. The van der Waals surface area contributed by atoms with Gasteiger partial charge >= 0.3 is 0 Å². The molecule has 0 radical (unpaired) electrons. The normalized spacial score (nSPS) is 14.9. The predicted octanol–water partition coefficient (Wildman–Crippen LogP) is 6.35. The quantitative estimate of drug-likeness (QED) is 0.314. The van der Waals surface area contributed by atoms with E-state index in [1.807, 2.05) is 36.8 Å². The maximum absolute atomic E-state index is 13.2. The molecule has 3 heterocycles. The van der Waals surface area contributed by atoms with E-state index in [0.717, 1.165) is 64.8 Å². The topological polar surface area (TPSA) is 58.1 Å². The summed E-state index contributed by atoms with van der Waals surface area (Å²) in [4.78, 5) is 24.6. The van der Waals surface area contributed by atoms with Crippen molar-refractivity contribution < 1.29 is 4.79 Å². The number of pyridine rings is 2. The second-order valence-electron chi connectivity index (χ2n) is 10.3. The van der Waals surface area contributed by atoms with Crippen LogP contribution in [0.25, 0.3) is 21.9 Å². The van der Waals surface area contributed by atoms with Crippen molar-refractivity contribution in [2.75, 3.05) is 25.5 Å². The van der Waals surface area contributed by atoms with Gasteiger partial charge in [-0.1, -0.05) is 30.3 Å². The van der Waals surface area contributed by atoms with E-state index in [4.69, 9.17) is 0 Å². The number of likely N-dealkylation sites (tertiary alicyclic amines) is 1. The summed E-state index contributed by atoms with van der Waals surface area (Å²) in [5.41, 5.74) is 6.02. The molecular weight excluding hydrogens is 444 g/mol. The second kappa shape index (κ2) is 10.6. The summed E-state index contributed by atoms with van der Waals surface area (Å²) < 4.78 is 0. The third-order valence-electron chi connectivity index (χ3n) is 7.05. The van der Waals surface area contributed by atoms with E-state index in [0.29, 0.717) is 18.4 Å². The zero-order valence-electron chi connectivity index (χ0n) is 21.4. The van der Waals surface area contributed by atoms with E-state index in [2.05, 4.69) is 77.5 Å².